The average molecular weight is 286 g/mol. The summed E-state index contributed by atoms with van der Waals surface area (Å²) in [7, 11) is 0. The van der Waals surface area contributed by atoms with E-state index in [1.807, 2.05) is 11.3 Å². The molecule has 0 fully saturated rings. The Balaban J connectivity index is 2.13. The van der Waals surface area contributed by atoms with Gasteiger partial charge < -0.3 is 5.32 Å². The Labute approximate surface area is 104 Å². The lowest BCUT2D eigenvalue weighted by molar-refractivity contribution is 0.633. The quantitative estimate of drug-likeness (QED) is 0.621. The van der Waals surface area contributed by atoms with Crippen molar-refractivity contribution < 1.29 is 0 Å². The summed E-state index contributed by atoms with van der Waals surface area (Å²) in [6.07, 6.45) is 8.36. The van der Waals surface area contributed by atoms with Crippen molar-refractivity contribution in [2.45, 2.75) is 32.7 Å². The van der Waals surface area contributed by atoms with Crippen LogP contribution in [0.4, 0.5) is 0 Å². The van der Waals surface area contributed by atoms with Gasteiger partial charge in [0.2, 0.25) is 0 Å². The molecule has 0 aliphatic heterocycles. The van der Waals surface area contributed by atoms with E-state index in [2.05, 4.69) is 40.2 Å². The maximum Gasteiger partial charge on any atom is 0.0314 e. The SMILES string of the molecule is C#CCCCCNCc1cc(Br)c(C)s1. The average Bonchev–Trinajstić information content (AvgIpc) is 2.52. The van der Waals surface area contributed by atoms with Gasteiger partial charge in [-0.15, -0.1) is 23.7 Å². The Bertz CT molecular complexity index is 318. The van der Waals surface area contributed by atoms with Gasteiger partial charge in [0.25, 0.3) is 0 Å². The largest absolute Gasteiger partial charge is 0.312 e. The number of rotatable bonds is 6. The zero-order valence-electron chi connectivity index (χ0n) is 8.98. The minimum absolute atomic E-state index is 0.894. The van der Waals surface area contributed by atoms with Crippen molar-refractivity contribution >= 4 is 27.3 Å². The molecule has 15 heavy (non-hydrogen) atoms. The minimum Gasteiger partial charge on any atom is -0.312 e. The second kappa shape index (κ2) is 7.05. The van der Waals surface area contributed by atoms with Gasteiger partial charge in [0.1, 0.15) is 0 Å². The summed E-state index contributed by atoms with van der Waals surface area (Å²) in [5, 5.41) is 3.42. The van der Waals surface area contributed by atoms with Crippen LogP contribution < -0.4 is 5.32 Å². The van der Waals surface area contributed by atoms with E-state index >= 15 is 0 Å². The van der Waals surface area contributed by atoms with E-state index in [0.29, 0.717) is 0 Å². The van der Waals surface area contributed by atoms with Crippen LogP contribution in [0, 0.1) is 19.3 Å². The Hall–Kier alpha value is -0.300. The first kappa shape index (κ1) is 12.8. The Morgan fingerprint density at radius 1 is 1.53 bits per heavy atom. The summed E-state index contributed by atoms with van der Waals surface area (Å²) in [5.74, 6) is 2.66. The fraction of sp³-hybridized carbons (Fsp3) is 0.500. The number of thiophene rings is 1. The fourth-order valence-corrected chi connectivity index (χ4v) is 2.86. The summed E-state index contributed by atoms with van der Waals surface area (Å²) in [5.41, 5.74) is 0. The van der Waals surface area contributed by atoms with E-state index in [4.69, 9.17) is 6.42 Å². The molecule has 0 aliphatic carbocycles. The monoisotopic (exact) mass is 285 g/mol. The van der Waals surface area contributed by atoms with Crippen molar-refractivity contribution in [3.63, 3.8) is 0 Å². The zero-order valence-corrected chi connectivity index (χ0v) is 11.4. The van der Waals surface area contributed by atoms with E-state index in [0.717, 1.165) is 32.4 Å². The summed E-state index contributed by atoms with van der Waals surface area (Å²) < 4.78 is 1.22. The lowest BCUT2D eigenvalue weighted by Crippen LogP contribution is -2.13. The van der Waals surface area contributed by atoms with E-state index < -0.39 is 0 Å². The number of hydrogen-bond donors (Lipinski definition) is 1. The van der Waals surface area contributed by atoms with Gasteiger partial charge in [0.15, 0.2) is 0 Å². The molecule has 0 spiro atoms. The predicted octanol–water partition coefficient (Wildman–Crippen LogP) is 3.71. The number of nitrogens with one attached hydrogen (secondary N) is 1. The molecule has 0 aromatic carbocycles. The molecule has 1 heterocycles. The lowest BCUT2D eigenvalue weighted by atomic mass is 10.2. The van der Waals surface area contributed by atoms with Crippen molar-refractivity contribution in [2.24, 2.45) is 0 Å². The molecule has 0 saturated carbocycles. The van der Waals surface area contributed by atoms with E-state index in [-0.39, 0.29) is 0 Å². The molecular formula is C12H16BrNS. The van der Waals surface area contributed by atoms with Gasteiger partial charge in [-0.2, -0.15) is 0 Å². The van der Waals surface area contributed by atoms with Crippen LogP contribution in [0.1, 0.15) is 29.0 Å². The molecular weight excluding hydrogens is 270 g/mol. The Morgan fingerprint density at radius 3 is 2.93 bits per heavy atom. The van der Waals surface area contributed by atoms with E-state index in [1.165, 1.54) is 14.2 Å². The lowest BCUT2D eigenvalue weighted by Gasteiger charge is -2.01. The Morgan fingerprint density at radius 2 is 2.33 bits per heavy atom. The molecule has 0 atom stereocenters. The number of terminal acetylenes is 1. The molecule has 1 rings (SSSR count). The standard InChI is InChI=1S/C12H16BrNS/c1-3-4-5-6-7-14-9-11-8-12(13)10(2)15-11/h1,8,14H,4-7,9H2,2H3. The van der Waals surface area contributed by atoms with Gasteiger partial charge in [-0.05, 0) is 48.3 Å². The van der Waals surface area contributed by atoms with E-state index in [9.17, 15) is 0 Å². The smallest absolute Gasteiger partial charge is 0.0314 e. The maximum absolute atomic E-state index is 5.18. The third kappa shape index (κ3) is 4.83. The fourth-order valence-electron chi connectivity index (χ4n) is 1.29. The third-order valence-corrected chi connectivity index (χ3v) is 4.27. The first-order valence-corrected chi connectivity index (χ1v) is 6.74. The molecule has 1 aromatic rings. The normalized spacial score (nSPS) is 10.2. The second-order valence-corrected chi connectivity index (χ2v) is 5.65. The molecule has 0 amide bonds. The third-order valence-electron chi connectivity index (χ3n) is 2.13. The molecule has 0 radical (unpaired) electrons. The van der Waals surface area contributed by atoms with Crippen molar-refractivity contribution in [3.8, 4) is 12.3 Å². The van der Waals surface area contributed by atoms with Crippen molar-refractivity contribution in [1.29, 1.82) is 0 Å². The number of aryl methyl sites for hydroxylation is 1. The van der Waals surface area contributed by atoms with Crippen molar-refractivity contribution in [2.75, 3.05) is 6.54 Å². The first-order chi connectivity index (χ1) is 7.24. The van der Waals surface area contributed by atoms with Crippen molar-refractivity contribution in [3.05, 3.63) is 20.3 Å². The van der Waals surface area contributed by atoms with Crippen LogP contribution in [0.3, 0.4) is 0 Å². The molecule has 0 bridgehead atoms. The van der Waals surface area contributed by atoms with Gasteiger partial charge in [-0.1, -0.05) is 0 Å². The van der Waals surface area contributed by atoms with Gasteiger partial charge in [-0.3, -0.25) is 0 Å². The molecule has 1 N–H and O–H groups in total. The minimum atomic E-state index is 0.894. The highest BCUT2D eigenvalue weighted by atomic mass is 79.9. The highest BCUT2D eigenvalue weighted by Gasteiger charge is 2.01. The highest BCUT2D eigenvalue weighted by Crippen LogP contribution is 2.25. The van der Waals surface area contributed by atoms with Crippen molar-refractivity contribution in [1.82, 2.24) is 5.32 Å². The summed E-state index contributed by atoms with van der Waals surface area (Å²) >= 11 is 5.36. The van der Waals surface area contributed by atoms with Crippen LogP contribution in [0.25, 0.3) is 0 Å². The maximum atomic E-state index is 5.18. The zero-order chi connectivity index (χ0) is 11.1. The topological polar surface area (TPSA) is 12.0 Å². The summed E-state index contributed by atoms with van der Waals surface area (Å²) in [6, 6.07) is 2.19. The molecule has 0 unspecified atom stereocenters. The van der Waals surface area contributed by atoms with Crippen LogP contribution in [0.15, 0.2) is 10.5 Å². The highest BCUT2D eigenvalue weighted by molar-refractivity contribution is 9.10. The summed E-state index contributed by atoms with van der Waals surface area (Å²) in [6.45, 7) is 4.15. The molecule has 1 nitrogen and oxygen atoms in total. The molecule has 0 saturated heterocycles. The van der Waals surface area contributed by atoms with Crippen LogP contribution in [0.2, 0.25) is 0 Å². The molecule has 0 aliphatic rings. The van der Waals surface area contributed by atoms with Gasteiger partial charge in [-0.25, -0.2) is 0 Å². The number of unbranched alkanes of at least 4 members (excludes halogenated alkanes) is 2. The number of halogens is 1. The predicted molar refractivity (Wildman–Crippen MR) is 71.1 cm³/mol. The summed E-state index contributed by atoms with van der Waals surface area (Å²) in [4.78, 5) is 2.73. The molecule has 1 aromatic heterocycles. The van der Waals surface area contributed by atoms with Gasteiger partial charge in [0, 0.05) is 27.2 Å². The van der Waals surface area contributed by atoms with Crippen LogP contribution in [-0.4, -0.2) is 6.54 Å². The van der Waals surface area contributed by atoms with E-state index in [1.54, 1.807) is 0 Å². The van der Waals surface area contributed by atoms with Crippen LogP contribution in [0.5, 0.6) is 0 Å². The van der Waals surface area contributed by atoms with Gasteiger partial charge in [0.05, 0.1) is 0 Å². The number of hydrogen-bond acceptors (Lipinski definition) is 2. The first-order valence-electron chi connectivity index (χ1n) is 5.13. The molecule has 3 heteroatoms. The van der Waals surface area contributed by atoms with Gasteiger partial charge >= 0.3 is 0 Å². The van der Waals surface area contributed by atoms with Crippen LogP contribution in [-0.2, 0) is 6.54 Å². The Kier molecular flexibility index (Phi) is 6.00. The second-order valence-electron chi connectivity index (χ2n) is 3.45. The van der Waals surface area contributed by atoms with Crippen LogP contribution >= 0.6 is 27.3 Å². The molecule has 82 valence electrons.